The number of likely N-dealkylation sites (N-methyl/N-ethyl adjacent to an activating group) is 1. The first-order valence-electron chi connectivity index (χ1n) is 13.3. The number of hydrogen-bond acceptors (Lipinski definition) is 7. The van der Waals surface area contributed by atoms with E-state index in [-0.39, 0.29) is 40.6 Å². The SMILES string of the molecule is C=C[C@]1(C)C[C@@H](OC(=O)CSC(C)(C)C(N)C(=O)NC)[C@@]2(C)C3C(=O)CC[C@@]3(CC[C@H]2C)[C@@H](C)[C@@H]1O. The molecule has 3 saturated carbocycles. The number of carbonyl (C=O) groups is 3. The summed E-state index contributed by atoms with van der Waals surface area (Å²) in [4.78, 5) is 38.8. The van der Waals surface area contributed by atoms with Crippen molar-refractivity contribution in [1.82, 2.24) is 5.32 Å². The number of Topliss-reactive ketones (excluding diaryl/α,β-unsaturated/α-hetero) is 1. The minimum absolute atomic E-state index is 0.0339. The third-order valence-electron chi connectivity index (χ3n) is 10.4. The number of ether oxygens (including phenoxy) is 1. The molecule has 36 heavy (non-hydrogen) atoms. The van der Waals surface area contributed by atoms with Crippen molar-refractivity contribution in [2.45, 2.75) is 96.6 Å². The molecule has 8 heteroatoms. The van der Waals surface area contributed by atoms with Gasteiger partial charge in [0, 0.05) is 35.0 Å². The lowest BCUT2D eigenvalue weighted by Gasteiger charge is -2.61. The summed E-state index contributed by atoms with van der Waals surface area (Å²) in [6, 6.07) is -0.782. The minimum Gasteiger partial charge on any atom is -0.461 e. The van der Waals surface area contributed by atoms with Gasteiger partial charge in [0.05, 0.1) is 17.9 Å². The molecule has 204 valence electrons. The van der Waals surface area contributed by atoms with Crippen LogP contribution in [0.1, 0.15) is 73.6 Å². The van der Waals surface area contributed by atoms with E-state index in [1.165, 1.54) is 18.8 Å². The molecule has 3 aliphatic rings. The zero-order chi connectivity index (χ0) is 27.3. The van der Waals surface area contributed by atoms with Crippen LogP contribution in [-0.4, -0.2) is 58.6 Å². The molecule has 9 atom stereocenters. The average Bonchev–Trinajstić information content (AvgIpc) is 3.20. The summed E-state index contributed by atoms with van der Waals surface area (Å²) < 4.78 is 5.59. The lowest BCUT2D eigenvalue weighted by molar-refractivity contribution is -0.205. The molecular weight excluding hydrogens is 476 g/mol. The largest absolute Gasteiger partial charge is 0.461 e. The highest BCUT2D eigenvalue weighted by molar-refractivity contribution is 8.01. The Balaban J connectivity index is 1.95. The Hall–Kier alpha value is -1.38. The third-order valence-corrected chi connectivity index (χ3v) is 11.8. The second-order valence-electron chi connectivity index (χ2n) is 12.5. The molecule has 7 nitrogen and oxygen atoms in total. The molecule has 0 aromatic carbocycles. The predicted molar refractivity (Wildman–Crippen MR) is 143 cm³/mol. The van der Waals surface area contributed by atoms with E-state index in [9.17, 15) is 19.5 Å². The van der Waals surface area contributed by atoms with Crippen LogP contribution in [0.3, 0.4) is 0 Å². The molecule has 2 bridgehead atoms. The minimum atomic E-state index is -0.782. The van der Waals surface area contributed by atoms with E-state index in [1.807, 2.05) is 20.8 Å². The molecule has 4 N–H and O–H groups in total. The predicted octanol–water partition coefficient (Wildman–Crippen LogP) is 3.48. The van der Waals surface area contributed by atoms with Crippen molar-refractivity contribution in [1.29, 1.82) is 0 Å². The van der Waals surface area contributed by atoms with E-state index >= 15 is 0 Å². The van der Waals surface area contributed by atoms with Crippen LogP contribution in [0.4, 0.5) is 0 Å². The first kappa shape index (κ1) is 29.2. The molecule has 0 spiro atoms. The number of nitrogens with two attached hydrogens (primary N) is 1. The molecule has 3 rings (SSSR count). The zero-order valence-corrected chi connectivity index (χ0v) is 23.9. The standard InChI is InChI=1S/C28H46N2O5S/c1-9-26(6)14-19(35-20(32)15-36-25(4,5)22(29)24(34)30-8)27(7)16(2)10-12-28(17(3)23(26)33)13-11-18(31)21(27)28/h9,16-17,19,21-23,33H,1,10-15,29H2,2-8H3,(H,30,34)/t16-,17+,19-,21?,22?,23+,26-,27+,28+/m1/s1. The molecule has 0 aromatic rings. The van der Waals surface area contributed by atoms with E-state index in [0.29, 0.717) is 12.8 Å². The summed E-state index contributed by atoms with van der Waals surface area (Å²) >= 11 is 1.29. The lowest BCUT2D eigenvalue weighted by atomic mass is 9.44. The van der Waals surface area contributed by atoms with Gasteiger partial charge in [-0.3, -0.25) is 14.4 Å². The number of aliphatic hydroxyl groups excluding tert-OH is 1. The van der Waals surface area contributed by atoms with E-state index in [2.05, 4.69) is 32.7 Å². The van der Waals surface area contributed by atoms with Gasteiger partial charge in [0.25, 0.3) is 0 Å². The zero-order valence-electron chi connectivity index (χ0n) is 23.1. The van der Waals surface area contributed by atoms with Crippen molar-refractivity contribution in [2.24, 2.45) is 39.7 Å². The quantitative estimate of drug-likeness (QED) is 0.346. The number of amides is 1. The van der Waals surface area contributed by atoms with Crippen molar-refractivity contribution in [3.05, 3.63) is 12.7 Å². The van der Waals surface area contributed by atoms with Gasteiger partial charge in [-0.1, -0.05) is 33.8 Å². The van der Waals surface area contributed by atoms with Gasteiger partial charge in [-0.2, -0.15) is 0 Å². The first-order chi connectivity index (χ1) is 16.6. The van der Waals surface area contributed by atoms with Crippen molar-refractivity contribution in [3.63, 3.8) is 0 Å². The number of thioether (sulfide) groups is 1. The summed E-state index contributed by atoms with van der Waals surface area (Å²) in [5.74, 6) is -0.556. The Morgan fingerprint density at radius 1 is 1.33 bits per heavy atom. The van der Waals surface area contributed by atoms with Gasteiger partial charge in [-0.05, 0) is 56.8 Å². The summed E-state index contributed by atoms with van der Waals surface area (Å²) in [6.45, 7) is 16.1. The summed E-state index contributed by atoms with van der Waals surface area (Å²) in [5, 5.41) is 14.2. The molecular formula is C28H46N2O5S. The van der Waals surface area contributed by atoms with Gasteiger partial charge in [0.2, 0.25) is 5.91 Å². The number of nitrogens with one attached hydrogen (secondary N) is 1. The molecule has 3 fully saturated rings. The summed E-state index contributed by atoms with van der Waals surface area (Å²) in [5.41, 5.74) is 4.60. The molecule has 0 heterocycles. The second kappa shape index (κ2) is 10.1. The topological polar surface area (TPSA) is 119 Å². The highest BCUT2D eigenvalue weighted by atomic mass is 32.2. The van der Waals surface area contributed by atoms with Gasteiger partial charge < -0.3 is 20.9 Å². The summed E-state index contributed by atoms with van der Waals surface area (Å²) in [7, 11) is 1.54. The molecule has 0 saturated heterocycles. The molecule has 0 aliphatic heterocycles. The monoisotopic (exact) mass is 522 g/mol. The number of aliphatic hydroxyl groups is 1. The number of carbonyl (C=O) groups excluding carboxylic acids is 3. The normalized spacial score (nSPS) is 41.5. The molecule has 1 amide bonds. The summed E-state index contributed by atoms with van der Waals surface area (Å²) in [6.07, 6.45) is 4.07. The molecule has 0 radical (unpaired) electrons. The van der Waals surface area contributed by atoms with Crippen LogP contribution in [0, 0.1) is 34.0 Å². The van der Waals surface area contributed by atoms with Gasteiger partial charge >= 0.3 is 5.97 Å². The number of esters is 1. The lowest BCUT2D eigenvalue weighted by Crippen LogP contribution is -2.63. The van der Waals surface area contributed by atoms with Gasteiger partial charge in [0.15, 0.2) is 0 Å². The first-order valence-corrected chi connectivity index (χ1v) is 14.2. The van der Waals surface area contributed by atoms with Gasteiger partial charge in [-0.25, -0.2) is 0 Å². The highest BCUT2D eigenvalue weighted by Crippen LogP contribution is 2.68. The van der Waals surface area contributed by atoms with Crippen LogP contribution in [0.5, 0.6) is 0 Å². The Morgan fingerprint density at radius 3 is 2.56 bits per heavy atom. The average molecular weight is 523 g/mol. The van der Waals surface area contributed by atoms with Crippen LogP contribution >= 0.6 is 11.8 Å². The maximum absolute atomic E-state index is 13.5. The van der Waals surface area contributed by atoms with E-state index in [0.717, 1.165) is 19.3 Å². The fourth-order valence-electron chi connectivity index (χ4n) is 7.50. The van der Waals surface area contributed by atoms with Crippen LogP contribution < -0.4 is 11.1 Å². The van der Waals surface area contributed by atoms with Crippen molar-refractivity contribution in [2.75, 3.05) is 12.8 Å². The van der Waals surface area contributed by atoms with Crippen molar-refractivity contribution < 1.29 is 24.2 Å². The van der Waals surface area contributed by atoms with E-state index in [1.54, 1.807) is 6.08 Å². The van der Waals surface area contributed by atoms with Gasteiger partial charge in [0.1, 0.15) is 11.9 Å². The molecule has 0 aromatic heterocycles. The Kier molecular flexibility index (Phi) is 8.16. The van der Waals surface area contributed by atoms with Crippen LogP contribution in [0.15, 0.2) is 12.7 Å². The fraction of sp³-hybridized carbons (Fsp3) is 0.821. The smallest absolute Gasteiger partial charge is 0.316 e. The van der Waals surface area contributed by atoms with Crippen LogP contribution in [-0.2, 0) is 19.1 Å². The Labute approximate surface area is 220 Å². The maximum Gasteiger partial charge on any atom is 0.316 e. The number of rotatable bonds is 7. The van der Waals surface area contributed by atoms with E-state index < -0.39 is 39.8 Å². The maximum atomic E-state index is 13.5. The van der Waals surface area contributed by atoms with Gasteiger partial charge in [-0.15, -0.1) is 18.3 Å². The van der Waals surface area contributed by atoms with Crippen molar-refractivity contribution >= 4 is 29.4 Å². The highest BCUT2D eigenvalue weighted by Gasteiger charge is 2.68. The second-order valence-corrected chi connectivity index (χ2v) is 14.2. The van der Waals surface area contributed by atoms with Crippen LogP contribution in [0.2, 0.25) is 0 Å². The van der Waals surface area contributed by atoms with E-state index in [4.69, 9.17) is 10.5 Å². The van der Waals surface area contributed by atoms with Crippen LogP contribution in [0.25, 0.3) is 0 Å². The fourth-order valence-corrected chi connectivity index (χ4v) is 8.34. The number of ketones is 1. The molecule has 2 unspecified atom stereocenters. The third kappa shape index (κ3) is 4.55. The Bertz CT molecular complexity index is 908. The number of hydrogen-bond donors (Lipinski definition) is 3. The molecule has 3 aliphatic carbocycles. The van der Waals surface area contributed by atoms with Crippen molar-refractivity contribution in [3.8, 4) is 0 Å². The Morgan fingerprint density at radius 2 is 1.97 bits per heavy atom.